The van der Waals surface area contributed by atoms with Crippen LogP contribution in [-0.4, -0.2) is 54.7 Å². The predicted octanol–water partition coefficient (Wildman–Crippen LogP) is 3.68. The predicted molar refractivity (Wildman–Crippen MR) is 124 cm³/mol. The van der Waals surface area contributed by atoms with Gasteiger partial charge in [-0.05, 0) is 0 Å². The van der Waals surface area contributed by atoms with Gasteiger partial charge in [0, 0.05) is 0 Å². The fourth-order valence-corrected chi connectivity index (χ4v) is 3.22. The van der Waals surface area contributed by atoms with Gasteiger partial charge in [-0.3, -0.25) is 0 Å². The second-order valence-electron chi connectivity index (χ2n) is 7.17. The summed E-state index contributed by atoms with van der Waals surface area (Å²) in [7, 11) is 3.59. The number of ether oxygens (including phenoxy) is 4. The van der Waals surface area contributed by atoms with E-state index in [-0.39, 0.29) is 6.61 Å². The fourth-order valence-electron chi connectivity index (χ4n) is 3.22. The number of benzene rings is 3. The zero-order valence-corrected chi connectivity index (χ0v) is 18.1. The minimum absolute atomic E-state index is 0.376. The molecule has 1 aromatic heterocycles. The van der Waals surface area contributed by atoms with Gasteiger partial charge in [0.05, 0.1) is 0 Å². The molecule has 0 saturated heterocycles. The molecule has 0 amide bonds. The van der Waals surface area contributed by atoms with Crippen molar-refractivity contribution in [3.05, 3.63) is 66.7 Å². The van der Waals surface area contributed by atoms with Crippen molar-refractivity contribution in [1.82, 2.24) is 9.69 Å². The zero-order chi connectivity index (χ0) is 23.0. The number of hydrogen-bond donors (Lipinski definition) is 1. The summed E-state index contributed by atoms with van der Waals surface area (Å²) in [5.74, 6) is 1.55. The number of hydrogen-bond acceptors (Lipinski definition) is 6. The maximum atomic E-state index is 10.5. The van der Waals surface area contributed by atoms with E-state index in [1.807, 2.05) is 49.5 Å². The van der Waals surface area contributed by atoms with E-state index in [0.717, 1.165) is 22.2 Å². The SMILES string of the molecule is COc1ccc(OCCCOc2ccc(OCC(=O)O)cc2)c(-n2bc3ccccc3n2)c1. The topological polar surface area (TPSA) is 92.0 Å². The number of rotatable bonds is 11. The molecule has 168 valence electrons. The Hall–Kier alpha value is -4.01. The normalized spacial score (nSPS) is 10.6. The summed E-state index contributed by atoms with van der Waals surface area (Å²) < 4.78 is 24.0. The van der Waals surface area contributed by atoms with Crippen LogP contribution in [0.1, 0.15) is 6.42 Å². The summed E-state index contributed by atoms with van der Waals surface area (Å²) in [5.41, 5.74) is 1.70. The molecule has 0 spiro atoms. The van der Waals surface area contributed by atoms with Gasteiger partial charge >= 0.3 is 170 Å². The monoisotopic (exact) mass is 446 g/mol. The Morgan fingerprint density at radius 2 is 1.64 bits per heavy atom. The summed E-state index contributed by atoms with van der Waals surface area (Å²) in [5, 5.41) is 14.3. The van der Waals surface area contributed by atoms with Gasteiger partial charge < -0.3 is 9.84 Å². The standard InChI is InChI=1S/C24H23BN2O6/c1-30-19-11-12-23(22(15-19)27-25-20-5-2-3-6-21(20)26-27)32-14-4-13-31-17-7-9-18(10-8-17)33-16-24(28)29/h2-3,5-12,15H,4,13-14,16H2,1H3,(H,28,29). The Morgan fingerprint density at radius 3 is 2.36 bits per heavy atom. The molecule has 0 aliphatic rings. The van der Waals surface area contributed by atoms with E-state index in [9.17, 15) is 4.79 Å². The third-order valence-electron chi connectivity index (χ3n) is 4.83. The van der Waals surface area contributed by atoms with Crippen molar-refractivity contribution in [1.29, 1.82) is 0 Å². The summed E-state index contributed by atoms with van der Waals surface area (Å²) >= 11 is 0. The Balaban J connectivity index is 1.33. The molecule has 0 fully saturated rings. The fraction of sp³-hybridized carbons (Fsp3) is 0.208. The van der Waals surface area contributed by atoms with Crippen LogP contribution in [0.3, 0.4) is 0 Å². The third-order valence-corrected chi connectivity index (χ3v) is 4.83. The first kappa shape index (κ1) is 22.2. The van der Waals surface area contributed by atoms with Gasteiger partial charge in [-0.15, -0.1) is 0 Å². The van der Waals surface area contributed by atoms with Crippen molar-refractivity contribution in [2.45, 2.75) is 6.42 Å². The first-order chi connectivity index (χ1) is 16.1. The molecule has 0 unspecified atom stereocenters. The number of carboxylic acids is 1. The molecule has 3 aromatic carbocycles. The van der Waals surface area contributed by atoms with Crippen molar-refractivity contribution < 1.29 is 28.8 Å². The van der Waals surface area contributed by atoms with Crippen LogP contribution in [0.15, 0.2) is 66.7 Å². The van der Waals surface area contributed by atoms with Gasteiger partial charge in [0.1, 0.15) is 0 Å². The molecule has 4 rings (SSSR count). The second kappa shape index (κ2) is 10.5. The van der Waals surface area contributed by atoms with Crippen LogP contribution in [0.5, 0.6) is 23.0 Å². The van der Waals surface area contributed by atoms with Crippen molar-refractivity contribution in [2.24, 2.45) is 0 Å². The van der Waals surface area contributed by atoms with E-state index in [1.165, 1.54) is 0 Å². The molecule has 1 heterocycles. The van der Waals surface area contributed by atoms with Crippen LogP contribution < -0.4 is 18.9 Å². The van der Waals surface area contributed by atoms with Gasteiger partial charge in [-0.2, -0.15) is 0 Å². The molecule has 8 nitrogen and oxygen atoms in total. The Labute approximate surface area is 191 Å². The zero-order valence-electron chi connectivity index (χ0n) is 18.1. The van der Waals surface area contributed by atoms with Crippen LogP contribution >= 0.6 is 0 Å². The number of aromatic nitrogens is 2. The first-order valence-corrected chi connectivity index (χ1v) is 10.5. The van der Waals surface area contributed by atoms with Crippen LogP contribution in [-0.2, 0) is 4.79 Å². The number of carboxylic acid groups (broad SMARTS) is 1. The minimum atomic E-state index is -1.02. The average molecular weight is 446 g/mol. The number of fused-ring (bicyclic) bond motifs is 1. The van der Waals surface area contributed by atoms with E-state index >= 15 is 0 Å². The van der Waals surface area contributed by atoms with Crippen molar-refractivity contribution in [3.63, 3.8) is 0 Å². The number of methoxy groups -OCH3 is 1. The molecule has 33 heavy (non-hydrogen) atoms. The summed E-state index contributed by atoms with van der Waals surface area (Å²) in [6.07, 6.45) is 0.670. The molecule has 0 aliphatic heterocycles. The second-order valence-corrected chi connectivity index (χ2v) is 7.17. The molecule has 1 N–H and O–H groups in total. The molecule has 0 bridgehead atoms. The Bertz CT molecular complexity index is 1190. The van der Waals surface area contributed by atoms with Crippen LogP contribution in [0.25, 0.3) is 16.5 Å². The van der Waals surface area contributed by atoms with Crippen LogP contribution in [0.2, 0.25) is 0 Å². The van der Waals surface area contributed by atoms with Crippen molar-refractivity contribution in [2.75, 3.05) is 26.9 Å². The van der Waals surface area contributed by atoms with E-state index in [4.69, 9.17) is 24.1 Å². The molecule has 0 saturated carbocycles. The molecule has 0 atom stereocenters. The Morgan fingerprint density at radius 1 is 0.939 bits per heavy atom. The van der Waals surface area contributed by atoms with E-state index < -0.39 is 5.97 Å². The van der Waals surface area contributed by atoms with Crippen molar-refractivity contribution >= 4 is 23.8 Å². The summed E-state index contributed by atoms with van der Waals surface area (Å²) in [4.78, 5) is 10.5. The van der Waals surface area contributed by atoms with Gasteiger partial charge in [0.25, 0.3) is 0 Å². The molecule has 4 aromatic rings. The number of aliphatic carboxylic acids is 1. The van der Waals surface area contributed by atoms with Gasteiger partial charge in [0.15, 0.2) is 6.61 Å². The van der Waals surface area contributed by atoms with E-state index in [2.05, 4.69) is 5.10 Å². The quantitative estimate of drug-likeness (QED) is 0.352. The van der Waals surface area contributed by atoms with Crippen molar-refractivity contribution in [3.8, 4) is 28.7 Å². The summed E-state index contributed by atoms with van der Waals surface area (Å²) in [6.45, 7) is 0.547. The number of carbonyl (C=O) groups is 1. The van der Waals surface area contributed by atoms with Gasteiger partial charge in [-0.25, -0.2) is 4.79 Å². The van der Waals surface area contributed by atoms with Gasteiger partial charge in [0.2, 0.25) is 0 Å². The molecular weight excluding hydrogens is 423 g/mol. The van der Waals surface area contributed by atoms with Crippen LogP contribution in [0.4, 0.5) is 0 Å². The average Bonchev–Trinajstić information content (AvgIpc) is 3.27. The third kappa shape index (κ3) is 5.82. The van der Waals surface area contributed by atoms with Crippen LogP contribution in [0, 0.1) is 0 Å². The molecule has 0 radical (unpaired) electrons. The Kier molecular flexibility index (Phi) is 7.09. The first-order valence-electron chi connectivity index (χ1n) is 10.5. The van der Waals surface area contributed by atoms with E-state index in [0.29, 0.717) is 36.9 Å². The summed E-state index contributed by atoms with van der Waals surface area (Å²) in [6, 6.07) is 20.4. The van der Waals surface area contributed by atoms with Gasteiger partial charge in [-0.1, -0.05) is 0 Å². The van der Waals surface area contributed by atoms with E-state index in [1.54, 1.807) is 36.0 Å². The number of nitrogens with zero attached hydrogens (tertiary/aromatic N) is 2. The molecule has 9 heteroatoms. The maximum absolute atomic E-state index is 10.5. The molecule has 0 aliphatic carbocycles. The molecular formula is C24H23BN2O6.